The molecule has 1 aromatic heterocycles. The summed E-state index contributed by atoms with van der Waals surface area (Å²) in [5.41, 5.74) is 3.79. The maximum absolute atomic E-state index is 13.1. The van der Waals surface area contributed by atoms with Crippen LogP contribution in [0.4, 0.5) is 0 Å². The molecule has 0 bridgehead atoms. The van der Waals surface area contributed by atoms with Crippen LogP contribution >= 0.6 is 11.8 Å². The zero-order valence-corrected chi connectivity index (χ0v) is 17.1. The van der Waals surface area contributed by atoms with Crippen LogP contribution < -0.4 is 15.9 Å². The van der Waals surface area contributed by atoms with Crippen LogP contribution in [0.15, 0.2) is 83.2 Å². The highest BCUT2D eigenvalue weighted by Crippen LogP contribution is 2.30. The molecule has 3 heterocycles. The average Bonchev–Trinajstić information content (AvgIpc) is 2.78. The fourth-order valence-electron chi connectivity index (χ4n) is 3.47. The third-order valence-corrected chi connectivity index (χ3v) is 5.93. The molecule has 3 aromatic rings. The number of para-hydroxylation sites is 1. The summed E-state index contributed by atoms with van der Waals surface area (Å²) in [6.45, 7) is 2.07. The van der Waals surface area contributed by atoms with E-state index >= 15 is 0 Å². The lowest BCUT2D eigenvalue weighted by Crippen LogP contribution is -2.50. The molecule has 30 heavy (non-hydrogen) atoms. The number of rotatable bonds is 3. The highest BCUT2D eigenvalue weighted by atomic mass is 32.2. The van der Waals surface area contributed by atoms with Crippen LogP contribution in [-0.2, 0) is 10.5 Å². The molecular weight excluding hydrogens is 394 g/mol. The summed E-state index contributed by atoms with van der Waals surface area (Å²) in [6.07, 6.45) is 3.05. The minimum atomic E-state index is -0.440. The minimum Gasteiger partial charge on any atom is -0.298 e. The molecule has 2 aromatic carbocycles. The number of hydrogen-bond acceptors (Lipinski definition) is 6. The number of hydrazone groups is 1. The first-order valence-corrected chi connectivity index (χ1v) is 10.6. The second-order valence-corrected chi connectivity index (χ2v) is 8.10. The van der Waals surface area contributed by atoms with Gasteiger partial charge in [-0.3, -0.25) is 20.1 Å². The molecule has 0 spiro atoms. The highest BCUT2D eigenvalue weighted by Gasteiger charge is 2.34. The van der Waals surface area contributed by atoms with Gasteiger partial charge in [-0.25, -0.2) is 5.01 Å². The number of carbonyl (C=O) groups is 1. The van der Waals surface area contributed by atoms with Crippen molar-refractivity contribution >= 4 is 28.5 Å². The summed E-state index contributed by atoms with van der Waals surface area (Å²) in [5.74, 6) is 0.543. The van der Waals surface area contributed by atoms with Crippen LogP contribution in [0.5, 0.6) is 0 Å². The molecule has 5 rings (SSSR count). The lowest BCUT2D eigenvalue weighted by Gasteiger charge is -2.33. The average molecular weight is 414 g/mol. The molecule has 0 unspecified atom stereocenters. The Morgan fingerprint density at radius 2 is 1.90 bits per heavy atom. The van der Waals surface area contributed by atoms with Crippen LogP contribution in [0.1, 0.15) is 22.9 Å². The van der Waals surface area contributed by atoms with Gasteiger partial charge in [-0.1, -0.05) is 65.9 Å². The van der Waals surface area contributed by atoms with Gasteiger partial charge in [0.1, 0.15) is 5.70 Å². The maximum atomic E-state index is 13.1. The summed E-state index contributed by atoms with van der Waals surface area (Å²) in [6, 6.07) is 19.8. The molecule has 1 amide bonds. The van der Waals surface area contributed by atoms with Gasteiger partial charge in [0.25, 0.3) is 5.91 Å². The molecule has 6 nitrogen and oxygen atoms in total. The number of amides is 1. The Morgan fingerprint density at radius 1 is 1.07 bits per heavy atom. The number of thioether (sulfide) groups is 1. The fraction of sp³-hybridized carbons (Fsp3) is 0.130. The number of aryl methyl sites for hydroxylation is 1. The van der Waals surface area contributed by atoms with E-state index in [2.05, 4.69) is 41.5 Å². The zero-order valence-electron chi connectivity index (χ0n) is 16.3. The van der Waals surface area contributed by atoms with Crippen molar-refractivity contribution in [2.45, 2.75) is 18.8 Å². The molecule has 2 aliphatic heterocycles. The first-order chi connectivity index (χ1) is 14.7. The number of nitrogens with one attached hydrogen (secondary N) is 1. The molecule has 0 radical (unpaired) electrons. The van der Waals surface area contributed by atoms with Crippen molar-refractivity contribution in [3.05, 3.63) is 100 Å². The van der Waals surface area contributed by atoms with E-state index in [1.807, 2.05) is 36.4 Å². The standard InChI is InChI=1S/C23H19N5OS/c1-15-8-10-16(11-9-15)14-30-23-26-22(29)20-18-6-2-3-7-19(18)25-21(28(20)27-23)17-5-4-12-24-13-17/h2-13,21H,14H2,1H3,(H,26,27,29)/t21-/m1/s1. The van der Waals surface area contributed by atoms with E-state index in [1.165, 1.54) is 22.9 Å². The van der Waals surface area contributed by atoms with Crippen molar-refractivity contribution in [1.29, 1.82) is 0 Å². The summed E-state index contributed by atoms with van der Waals surface area (Å²) in [4.78, 5) is 22.2. The molecule has 148 valence electrons. The van der Waals surface area contributed by atoms with Crippen molar-refractivity contribution in [2.24, 2.45) is 10.1 Å². The van der Waals surface area contributed by atoms with Crippen molar-refractivity contribution < 1.29 is 4.79 Å². The van der Waals surface area contributed by atoms with Gasteiger partial charge in [0.15, 0.2) is 11.3 Å². The van der Waals surface area contributed by atoms with E-state index < -0.39 is 6.17 Å². The molecule has 0 aliphatic carbocycles. The van der Waals surface area contributed by atoms with Crippen LogP contribution in [-0.4, -0.2) is 21.1 Å². The lowest BCUT2D eigenvalue weighted by atomic mass is 10.1. The van der Waals surface area contributed by atoms with Gasteiger partial charge in [-0.2, -0.15) is 0 Å². The van der Waals surface area contributed by atoms with Crippen LogP contribution in [0.2, 0.25) is 0 Å². The molecule has 2 aliphatic rings. The summed E-state index contributed by atoms with van der Waals surface area (Å²) < 4.78 is 0. The van der Waals surface area contributed by atoms with Gasteiger partial charge in [-0.05, 0) is 24.6 Å². The number of carbonyl (C=O) groups excluding carboxylic acids is 1. The summed E-state index contributed by atoms with van der Waals surface area (Å²) in [5, 5.41) is 11.6. The van der Waals surface area contributed by atoms with Crippen LogP contribution in [0.3, 0.4) is 0 Å². The number of pyridine rings is 1. The third kappa shape index (κ3) is 3.48. The Bertz CT molecular complexity index is 1250. The fourth-order valence-corrected chi connectivity index (χ4v) is 4.28. The molecule has 1 atom stereocenters. The van der Waals surface area contributed by atoms with Crippen molar-refractivity contribution in [2.75, 3.05) is 0 Å². The maximum Gasteiger partial charge on any atom is 0.276 e. The van der Waals surface area contributed by atoms with E-state index in [9.17, 15) is 4.79 Å². The van der Waals surface area contributed by atoms with Gasteiger partial charge in [-0.15, -0.1) is 5.10 Å². The first-order valence-electron chi connectivity index (χ1n) is 9.64. The Hall–Kier alpha value is -3.45. The van der Waals surface area contributed by atoms with Gasteiger partial charge in [0, 0.05) is 28.9 Å². The number of aromatic nitrogens is 1. The molecule has 7 heteroatoms. The quantitative estimate of drug-likeness (QED) is 0.716. The van der Waals surface area contributed by atoms with E-state index in [1.54, 1.807) is 17.4 Å². The number of hydrogen-bond donors (Lipinski definition) is 1. The normalized spacial score (nSPS) is 17.4. The lowest BCUT2D eigenvalue weighted by molar-refractivity contribution is -0.116. The second kappa shape index (κ2) is 7.76. The van der Waals surface area contributed by atoms with Gasteiger partial charge >= 0.3 is 0 Å². The summed E-state index contributed by atoms with van der Waals surface area (Å²) >= 11 is 1.50. The van der Waals surface area contributed by atoms with Gasteiger partial charge in [0.05, 0.1) is 5.36 Å². The molecule has 0 saturated carbocycles. The number of nitrogens with zero attached hydrogens (tertiary/aromatic N) is 4. The Kier molecular flexibility index (Phi) is 4.80. The highest BCUT2D eigenvalue weighted by molar-refractivity contribution is 8.13. The van der Waals surface area contributed by atoms with Gasteiger partial charge < -0.3 is 0 Å². The van der Waals surface area contributed by atoms with Crippen LogP contribution in [0.25, 0.3) is 5.70 Å². The number of fused-ring (bicyclic) bond motifs is 2. The number of benzene rings is 2. The monoisotopic (exact) mass is 413 g/mol. The van der Waals surface area contributed by atoms with E-state index in [0.717, 1.165) is 16.1 Å². The summed E-state index contributed by atoms with van der Waals surface area (Å²) in [7, 11) is 0. The van der Waals surface area contributed by atoms with Crippen molar-refractivity contribution in [1.82, 2.24) is 15.3 Å². The molecule has 1 N–H and O–H groups in total. The predicted molar refractivity (Wildman–Crippen MR) is 117 cm³/mol. The largest absolute Gasteiger partial charge is 0.298 e. The second-order valence-electron chi connectivity index (χ2n) is 7.13. The molecule has 0 fully saturated rings. The smallest absolute Gasteiger partial charge is 0.276 e. The van der Waals surface area contributed by atoms with E-state index in [-0.39, 0.29) is 5.91 Å². The van der Waals surface area contributed by atoms with Crippen molar-refractivity contribution in [3.8, 4) is 0 Å². The minimum absolute atomic E-state index is 0.173. The van der Waals surface area contributed by atoms with E-state index in [0.29, 0.717) is 16.6 Å². The van der Waals surface area contributed by atoms with E-state index in [4.69, 9.17) is 10.1 Å². The third-order valence-electron chi connectivity index (χ3n) is 4.99. The zero-order chi connectivity index (χ0) is 20.5. The van der Waals surface area contributed by atoms with Crippen LogP contribution in [0, 0.1) is 6.92 Å². The Labute approximate surface area is 178 Å². The number of amidine groups is 1. The van der Waals surface area contributed by atoms with Crippen molar-refractivity contribution in [3.63, 3.8) is 0 Å². The molecule has 0 saturated heterocycles. The topological polar surface area (TPSA) is 70.0 Å². The predicted octanol–water partition coefficient (Wildman–Crippen LogP) is 2.47. The Balaban J connectivity index is 1.54. The Morgan fingerprint density at radius 3 is 2.70 bits per heavy atom. The van der Waals surface area contributed by atoms with Gasteiger partial charge in [0.2, 0.25) is 0 Å². The molecular formula is C23H19N5OS. The SMILES string of the molecule is Cc1ccc(CSC2=NN3C(=c4ccccc4=N[C@H]3c3cccnc3)C(=O)N2)cc1. The first kappa shape index (κ1) is 18.6.